The van der Waals surface area contributed by atoms with Gasteiger partial charge in [0.15, 0.2) is 9.04 Å². The molecule has 0 bridgehead atoms. The fourth-order valence-electron chi connectivity index (χ4n) is 1.82. The van der Waals surface area contributed by atoms with E-state index >= 15 is 0 Å². The van der Waals surface area contributed by atoms with Crippen LogP contribution >= 0.6 is 0 Å². The molecule has 2 heteroatoms. The molecule has 0 fully saturated rings. The normalized spacial score (nSPS) is 12.7. The smallest absolute Gasteiger partial charge is 0.176 e. The number of benzene rings is 1. The molecule has 0 spiro atoms. The summed E-state index contributed by atoms with van der Waals surface area (Å²) in [5, 5.41) is 0. The zero-order valence-corrected chi connectivity index (χ0v) is 11.1. The van der Waals surface area contributed by atoms with Gasteiger partial charge in [0.05, 0.1) is 0 Å². The van der Waals surface area contributed by atoms with Crippen molar-refractivity contribution in [1.29, 1.82) is 0 Å². The van der Waals surface area contributed by atoms with Gasteiger partial charge < -0.3 is 4.43 Å². The van der Waals surface area contributed by atoms with Crippen LogP contribution in [0.1, 0.15) is 25.8 Å². The van der Waals surface area contributed by atoms with Crippen LogP contribution in [0, 0.1) is 0 Å². The molecule has 0 aliphatic carbocycles. The molecular formula is C13H22OSi. The van der Waals surface area contributed by atoms with Gasteiger partial charge in [0.2, 0.25) is 0 Å². The second kappa shape index (κ2) is 7.66. The summed E-state index contributed by atoms with van der Waals surface area (Å²) < 4.78 is 5.77. The largest absolute Gasteiger partial charge is 0.420 e. The van der Waals surface area contributed by atoms with Gasteiger partial charge in [0.1, 0.15) is 0 Å². The summed E-state index contributed by atoms with van der Waals surface area (Å²) in [4.78, 5) is 0. The number of aryl methyl sites for hydroxylation is 1. The van der Waals surface area contributed by atoms with E-state index in [9.17, 15) is 0 Å². The van der Waals surface area contributed by atoms with Crippen LogP contribution < -0.4 is 0 Å². The second-order valence-electron chi connectivity index (χ2n) is 3.86. The molecule has 0 heterocycles. The summed E-state index contributed by atoms with van der Waals surface area (Å²) in [7, 11) is -0.854. The molecule has 0 aliphatic heterocycles. The zero-order chi connectivity index (χ0) is 10.9. The molecule has 1 nitrogen and oxygen atoms in total. The summed E-state index contributed by atoms with van der Waals surface area (Å²) in [6.45, 7) is 5.26. The molecule has 0 radical (unpaired) electrons. The highest BCUT2D eigenvalue weighted by Crippen LogP contribution is 2.09. The minimum Gasteiger partial charge on any atom is -0.420 e. The highest BCUT2D eigenvalue weighted by atomic mass is 28.3. The molecular weight excluding hydrogens is 200 g/mol. The molecule has 1 aromatic carbocycles. The Bertz CT molecular complexity index is 248. The highest BCUT2D eigenvalue weighted by molar-refractivity contribution is 6.51. The van der Waals surface area contributed by atoms with Crippen molar-refractivity contribution in [1.82, 2.24) is 0 Å². The summed E-state index contributed by atoms with van der Waals surface area (Å²) in [5.74, 6) is 0. The van der Waals surface area contributed by atoms with Crippen LogP contribution in [0.5, 0.6) is 0 Å². The Hall–Kier alpha value is -0.603. The first kappa shape index (κ1) is 12.5. The van der Waals surface area contributed by atoms with E-state index in [-0.39, 0.29) is 0 Å². The molecule has 1 aromatic rings. The van der Waals surface area contributed by atoms with E-state index in [0.29, 0.717) is 0 Å². The Morgan fingerprint density at radius 3 is 2.47 bits per heavy atom. The molecule has 0 N–H and O–H groups in total. The van der Waals surface area contributed by atoms with E-state index in [1.807, 2.05) is 0 Å². The van der Waals surface area contributed by atoms with Crippen molar-refractivity contribution < 1.29 is 4.43 Å². The maximum Gasteiger partial charge on any atom is 0.176 e. The van der Waals surface area contributed by atoms with Crippen molar-refractivity contribution in [2.75, 3.05) is 6.61 Å². The van der Waals surface area contributed by atoms with Crippen LogP contribution in [0.4, 0.5) is 0 Å². The van der Waals surface area contributed by atoms with Crippen molar-refractivity contribution in [3.05, 3.63) is 35.9 Å². The van der Waals surface area contributed by atoms with Gasteiger partial charge in [0.25, 0.3) is 0 Å². The van der Waals surface area contributed by atoms with Crippen LogP contribution in [0.25, 0.3) is 0 Å². The van der Waals surface area contributed by atoms with E-state index in [4.69, 9.17) is 4.43 Å². The topological polar surface area (TPSA) is 9.23 Å². The number of hydrogen-bond acceptors (Lipinski definition) is 1. The minimum atomic E-state index is -0.854. The van der Waals surface area contributed by atoms with E-state index in [1.165, 1.54) is 30.5 Å². The molecule has 1 rings (SSSR count). The third-order valence-corrected chi connectivity index (χ3v) is 5.46. The Labute approximate surface area is 95.2 Å². The van der Waals surface area contributed by atoms with Gasteiger partial charge in [-0.3, -0.25) is 0 Å². The quantitative estimate of drug-likeness (QED) is 0.643. The Balaban J connectivity index is 2.20. The lowest BCUT2D eigenvalue weighted by atomic mass is 10.1. The molecule has 84 valence electrons. The van der Waals surface area contributed by atoms with Crippen molar-refractivity contribution in [3.8, 4) is 0 Å². The highest BCUT2D eigenvalue weighted by Gasteiger charge is 2.07. The molecule has 0 saturated heterocycles. The third-order valence-electron chi connectivity index (χ3n) is 2.69. The maximum atomic E-state index is 5.77. The number of rotatable bonds is 7. The summed E-state index contributed by atoms with van der Waals surface area (Å²) in [5.41, 5.74) is 1.46. The van der Waals surface area contributed by atoms with Crippen LogP contribution in [0.15, 0.2) is 30.3 Å². The van der Waals surface area contributed by atoms with E-state index in [2.05, 4.69) is 44.2 Å². The molecule has 15 heavy (non-hydrogen) atoms. The standard InChI is InChI=1S/C13H22OSi/c1-3-14-15(4-2)12-8-11-13-9-6-5-7-10-13/h5-7,9-10,15H,3-4,8,11-12H2,1-2H3. The second-order valence-corrected chi connectivity index (χ2v) is 6.83. The van der Waals surface area contributed by atoms with Crippen molar-refractivity contribution in [2.24, 2.45) is 0 Å². The predicted octanol–water partition coefficient (Wildman–Crippen LogP) is 3.40. The molecule has 0 aliphatic rings. The lowest BCUT2D eigenvalue weighted by molar-refractivity contribution is 0.341. The fraction of sp³-hybridized carbons (Fsp3) is 0.538. The van der Waals surface area contributed by atoms with Crippen LogP contribution in [-0.2, 0) is 10.8 Å². The predicted molar refractivity (Wildman–Crippen MR) is 68.8 cm³/mol. The summed E-state index contributed by atoms with van der Waals surface area (Å²) in [6.07, 6.45) is 2.49. The van der Waals surface area contributed by atoms with Crippen molar-refractivity contribution in [3.63, 3.8) is 0 Å². The lowest BCUT2D eigenvalue weighted by Crippen LogP contribution is -2.16. The van der Waals surface area contributed by atoms with Gasteiger partial charge in [0, 0.05) is 6.61 Å². The van der Waals surface area contributed by atoms with Crippen molar-refractivity contribution >= 4 is 9.04 Å². The van der Waals surface area contributed by atoms with E-state index in [1.54, 1.807) is 0 Å². The first-order chi connectivity index (χ1) is 7.36. The Morgan fingerprint density at radius 1 is 1.13 bits per heavy atom. The molecule has 0 saturated carbocycles. The fourth-order valence-corrected chi connectivity index (χ4v) is 3.76. The van der Waals surface area contributed by atoms with Crippen LogP contribution in [0.2, 0.25) is 12.1 Å². The average molecular weight is 222 g/mol. The monoisotopic (exact) mass is 222 g/mol. The Kier molecular flexibility index (Phi) is 6.36. The van der Waals surface area contributed by atoms with Gasteiger partial charge in [-0.1, -0.05) is 37.3 Å². The van der Waals surface area contributed by atoms with E-state index < -0.39 is 9.04 Å². The van der Waals surface area contributed by atoms with Gasteiger partial charge in [-0.05, 0) is 37.4 Å². The van der Waals surface area contributed by atoms with Crippen molar-refractivity contribution in [2.45, 2.75) is 38.8 Å². The first-order valence-corrected chi connectivity index (χ1v) is 8.12. The zero-order valence-electron chi connectivity index (χ0n) is 9.91. The lowest BCUT2D eigenvalue weighted by Gasteiger charge is -2.12. The molecule has 1 atom stereocenters. The minimum absolute atomic E-state index is 0.854. The third kappa shape index (κ3) is 5.14. The SMILES string of the molecule is CCO[SiH](CC)CCCc1ccccc1. The first-order valence-electron chi connectivity index (χ1n) is 6.02. The molecule has 0 aromatic heterocycles. The van der Waals surface area contributed by atoms with Gasteiger partial charge in [-0.25, -0.2) is 0 Å². The summed E-state index contributed by atoms with van der Waals surface area (Å²) >= 11 is 0. The van der Waals surface area contributed by atoms with Crippen LogP contribution in [0.3, 0.4) is 0 Å². The average Bonchev–Trinajstić information content (AvgIpc) is 2.29. The molecule has 1 unspecified atom stereocenters. The van der Waals surface area contributed by atoms with E-state index in [0.717, 1.165) is 6.61 Å². The van der Waals surface area contributed by atoms with Crippen LogP contribution in [-0.4, -0.2) is 15.6 Å². The maximum absolute atomic E-state index is 5.77. The molecule has 0 amide bonds. The van der Waals surface area contributed by atoms with Gasteiger partial charge >= 0.3 is 0 Å². The summed E-state index contributed by atoms with van der Waals surface area (Å²) in [6, 6.07) is 13.3. The number of hydrogen-bond donors (Lipinski definition) is 0. The Morgan fingerprint density at radius 2 is 1.87 bits per heavy atom. The van der Waals surface area contributed by atoms with Gasteiger partial charge in [-0.2, -0.15) is 0 Å². The van der Waals surface area contributed by atoms with Gasteiger partial charge in [-0.15, -0.1) is 0 Å².